The molecule has 160 valence electrons. The van der Waals surface area contributed by atoms with Crippen LogP contribution in [0.25, 0.3) is 16.9 Å². The third-order valence-electron chi connectivity index (χ3n) is 4.37. The fourth-order valence-electron chi connectivity index (χ4n) is 3.00. The second-order valence-electron chi connectivity index (χ2n) is 7.75. The lowest BCUT2D eigenvalue weighted by molar-refractivity contribution is 0.0517. The Bertz CT molecular complexity index is 980. The SMILES string of the molecule is CCOC(=O)c1nn(-c2ccccc2)c(-c2ccc(F)cc2)c1CNC(C)(C)C.Cl. The van der Waals surface area contributed by atoms with Gasteiger partial charge < -0.3 is 10.1 Å². The van der Waals surface area contributed by atoms with Gasteiger partial charge in [0.05, 0.1) is 18.0 Å². The molecule has 0 radical (unpaired) electrons. The molecule has 1 heterocycles. The van der Waals surface area contributed by atoms with Crippen LogP contribution >= 0.6 is 12.4 Å². The molecule has 0 saturated heterocycles. The lowest BCUT2D eigenvalue weighted by atomic mass is 10.0. The van der Waals surface area contributed by atoms with Crippen molar-refractivity contribution in [2.45, 2.75) is 39.8 Å². The molecule has 0 aliphatic rings. The second kappa shape index (κ2) is 9.87. The average molecular weight is 432 g/mol. The van der Waals surface area contributed by atoms with Crippen LogP contribution in [0.2, 0.25) is 0 Å². The van der Waals surface area contributed by atoms with Gasteiger partial charge in [0.2, 0.25) is 0 Å². The third kappa shape index (κ3) is 5.46. The van der Waals surface area contributed by atoms with Crippen molar-refractivity contribution in [2.75, 3.05) is 6.61 Å². The number of hydrogen-bond donors (Lipinski definition) is 1. The number of halogens is 2. The van der Waals surface area contributed by atoms with E-state index < -0.39 is 5.97 Å². The number of carbonyl (C=O) groups excluding carboxylic acids is 1. The van der Waals surface area contributed by atoms with E-state index in [1.165, 1.54) is 12.1 Å². The zero-order chi connectivity index (χ0) is 21.0. The summed E-state index contributed by atoms with van der Waals surface area (Å²) in [6.45, 7) is 8.59. The highest BCUT2D eigenvalue weighted by molar-refractivity contribution is 5.91. The van der Waals surface area contributed by atoms with Gasteiger partial charge in [-0.15, -0.1) is 12.4 Å². The summed E-state index contributed by atoms with van der Waals surface area (Å²) in [4.78, 5) is 12.7. The van der Waals surface area contributed by atoms with Gasteiger partial charge in [0.15, 0.2) is 5.69 Å². The Kier molecular flexibility index (Phi) is 7.76. The second-order valence-corrected chi connectivity index (χ2v) is 7.75. The Labute approximate surface area is 182 Å². The van der Waals surface area contributed by atoms with Crippen LogP contribution in [0.3, 0.4) is 0 Å². The molecule has 0 amide bonds. The van der Waals surface area contributed by atoms with E-state index >= 15 is 0 Å². The van der Waals surface area contributed by atoms with Gasteiger partial charge in [0.1, 0.15) is 5.82 Å². The maximum atomic E-state index is 13.6. The normalized spacial score (nSPS) is 11.1. The summed E-state index contributed by atoms with van der Waals surface area (Å²) in [5.74, 6) is -0.796. The number of carbonyl (C=O) groups is 1. The molecule has 1 aromatic heterocycles. The summed E-state index contributed by atoms with van der Waals surface area (Å²) in [6, 6.07) is 15.8. The van der Waals surface area contributed by atoms with Crippen molar-refractivity contribution in [3.8, 4) is 16.9 Å². The molecule has 0 bridgehead atoms. The van der Waals surface area contributed by atoms with Crippen LogP contribution in [0.15, 0.2) is 54.6 Å². The van der Waals surface area contributed by atoms with Crippen LogP contribution in [0.4, 0.5) is 4.39 Å². The van der Waals surface area contributed by atoms with Gasteiger partial charge in [-0.3, -0.25) is 0 Å². The van der Waals surface area contributed by atoms with Gasteiger partial charge in [-0.2, -0.15) is 5.10 Å². The molecule has 30 heavy (non-hydrogen) atoms. The van der Waals surface area contributed by atoms with Gasteiger partial charge in [0, 0.05) is 23.2 Å². The van der Waals surface area contributed by atoms with Gasteiger partial charge in [0.25, 0.3) is 0 Å². The summed E-state index contributed by atoms with van der Waals surface area (Å²) >= 11 is 0. The first-order valence-electron chi connectivity index (χ1n) is 9.65. The van der Waals surface area contributed by atoms with E-state index in [2.05, 4.69) is 31.2 Å². The molecule has 0 aliphatic heterocycles. The molecular weight excluding hydrogens is 405 g/mol. The largest absolute Gasteiger partial charge is 0.461 e. The van der Waals surface area contributed by atoms with Crippen LogP contribution in [-0.2, 0) is 11.3 Å². The summed E-state index contributed by atoms with van der Waals surface area (Å²) in [5.41, 5.74) is 3.11. The van der Waals surface area contributed by atoms with Crippen LogP contribution < -0.4 is 5.32 Å². The summed E-state index contributed by atoms with van der Waals surface area (Å²) in [7, 11) is 0. The number of nitrogens with one attached hydrogen (secondary N) is 1. The summed E-state index contributed by atoms with van der Waals surface area (Å²) < 4.78 is 20.5. The predicted octanol–water partition coefficient (Wildman–Crippen LogP) is 5.17. The van der Waals surface area contributed by atoms with E-state index in [1.807, 2.05) is 30.3 Å². The standard InChI is InChI=1S/C23H26FN3O2.ClH/c1-5-29-22(28)20-19(15-25-23(2,3)4)21(16-11-13-17(24)14-12-16)27(26-20)18-9-7-6-8-10-18;/h6-14,25H,5,15H2,1-4H3;1H. The minimum Gasteiger partial charge on any atom is -0.461 e. The minimum absolute atomic E-state index is 0. The molecule has 0 saturated carbocycles. The molecule has 3 aromatic rings. The van der Waals surface area contributed by atoms with Crippen molar-refractivity contribution in [3.05, 3.63) is 71.7 Å². The zero-order valence-electron chi connectivity index (χ0n) is 17.6. The van der Waals surface area contributed by atoms with E-state index in [-0.39, 0.29) is 36.1 Å². The molecule has 2 aromatic carbocycles. The number of hydrogen-bond acceptors (Lipinski definition) is 4. The molecule has 0 fully saturated rings. The van der Waals surface area contributed by atoms with Crippen molar-refractivity contribution < 1.29 is 13.9 Å². The quantitative estimate of drug-likeness (QED) is 0.547. The first-order chi connectivity index (χ1) is 13.8. The van der Waals surface area contributed by atoms with Gasteiger partial charge >= 0.3 is 5.97 Å². The van der Waals surface area contributed by atoms with Crippen molar-refractivity contribution in [3.63, 3.8) is 0 Å². The van der Waals surface area contributed by atoms with Crippen molar-refractivity contribution in [2.24, 2.45) is 0 Å². The van der Waals surface area contributed by atoms with Crippen molar-refractivity contribution >= 4 is 18.4 Å². The van der Waals surface area contributed by atoms with Crippen LogP contribution in [-0.4, -0.2) is 27.9 Å². The number of aromatic nitrogens is 2. The number of esters is 1. The molecule has 0 unspecified atom stereocenters. The van der Waals surface area contributed by atoms with Gasteiger partial charge in [-0.1, -0.05) is 18.2 Å². The first-order valence-corrected chi connectivity index (χ1v) is 9.65. The number of rotatable bonds is 6. The highest BCUT2D eigenvalue weighted by Crippen LogP contribution is 2.30. The number of para-hydroxylation sites is 1. The molecule has 3 rings (SSSR count). The van der Waals surface area contributed by atoms with Gasteiger partial charge in [-0.05, 0) is 64.1 Å². The molecule has 0 atom stereocenters. The lowest BCUT2D eigenvalue weighted by Crippen LogP contribution is -2.35. The topological polar surface area (TPSA) is 56.1 Å². The van der Waals surface area contributed by atoms with Crippen LogP contribution in [0.5, 0.6) is 0 Å². The molecule has 1 N–H and O–H groups in total. The van der Waals surface area contributed by atoms with Gasteiger partial charge in [-0.25, -0.2) is 13.9 Å². The Hall–Kier alpha value is -2.70. The Morgan fingerprint density at radius 1 is 1.10 bits per heavy atom. The van der Waals surface area contributed by atoms with E-state index in [0.29, 0.717) is 12.1 Å². The Balaban J connectivity index is 0.00000320. The van der Waals surface area contributed by atoms with Crippen molar-refractivity contribution in [1.82, 2.24) is 15.1 Å². The smallest absolute Gasteiger partial charge is 0.359 e. The fourth-order valence-corrected chi connectivity index (χ4v) is 3.00. The fraction of sp³-hybridized carbons (Fsp3) is 0.304. The molecule has 7 heteroatoms. The highest BCUT2D eigenvalue weighted by Gasteiger charge is 2.26. The van der Waals surface area contributed by atoms with Crippen molar-refractivity contribution in [1.29, 1.82) is 0 Å². The number of ether oxygens (including phenoxy) is 1. The lowest BCUT2D eigenvalue weighted by Gasteiger charge is -2.21. The summed E-state index contributed by atoms with van der Waals surface area (Å²) in [5, 5.41) is 8.03. The van der Waals surface area contributed by atoms with Crippen LogP contribution in [0, 0.1) is 5.82 Å². The highest BCUT2D eigenvalue weighted by atomic mass is 35.5. The Morgan fingerprint density at radius 2 is 1.73 bits per heavy atom. The zero-order valence-corrected chi connectivity index (χ0v) is 18.4. The first kappa shape index (κ1) is 23.6. The van der Waals surface area contributed by atoms with E-state index in [0.717, 1.165) is 16.9 Å². The molecule has 0 aliphatic carbocycles. The van der Waals surface area contributed by atoms with E-state index in [9.17, 15) is 9.18 Å². The van der Waals surface area contributed by atoms with E-state index in [4.69, 9.17) is 4.74 Å². The molecule has 0 spiro atoms. The Morgan fingerprint density at radius 3 is 2.30 bits per heavy atom. The monoisotopic (exact) mass is 431 g/mol. The summed E-state index contributed by atoms with van der Waals surface area (Å²) in [6.07, 6.45) is 0. The maximum Gasteiger partial charge on any atom is 0.359 e. The van der Waals surface area contributed by atoms with Crippen LogP contribution in [0.1, 0.15) is 43.7 Å². The molecular formula is C23H27ClFN3O2. The average Bonchev–Trinajstić information content (AvgIpc) is 3.07. The van der Waals surface area contributed by atoms with E-state index in [1.54, 1.807) is 23.7 Å². The number of benzene rings is 2. The predicted molar refractivity (Wildman–Crippen MR) is 119 cm³/mol. The number of nitrogens with zero attached hydrogens (tertiary/aromatic N) is 2. The minimum atomic E-state index is -0.476. The maximum absolute atomic E-state index is 13.6. The molecule has 5 nitrogen and oxygen atoms in total. The third-order valence-corrected chi connectivity index (χ3v) is 4.37.